The van der Waals surface area contributed by atoms with Gasteiger partial charge in [0.15, 0.2) is 0 Å². The molecule has 0 bridgehead atoms. The Morgan fingerprint density at radius 2 is 1.07 bits per heavy atom. The molecular formula is C40H34. The van der Waals surface area contributed by atoms with Gasteiger partial charge in [0.1, 0.15) is 0 Å². The molecule has 0 saturated heterocycles. The minimum atomic E-state index is 0.0836. The summed E-state index contributed by atoms with van der Waals surface area (Å²) in [6, 6.07) is 44.6. The Bertz CT molecular complexity index is 1930. The molecule has 0 aromatic heterocycles. The molecule has 194 valence electrons. The SMILES string of the molecule is CC(C)(C)C1=CC2C(c3ccc4ccccc4c3)=c3ccccc3=C(c3cccc(-c4ccccc4)c3)C2C=C1. The third kappa shape index (κ3) is 4.25. The van der Waals surface area contributed by atoms with Crippen LogP contribution in [0.15, 0.2) is 145 Å². The maximum atomic E-state index is 2.56. The van der Waals surface area contributed by atoms with E-state index in [-0.39, 0.29) is 17.3 Å². The Labute approximate surface area is 237 Å². The highest BCUT2D eigenvalue weighted by Crippen LogP contribution is 2.44. The van der Waals surface area contributed by atoms with Crippen LogP contribution in [0.1, 0.15) is 31.9 Å². The van der Waals surface area contributed by atoms with Crippen LogP contribution in [0.3, 0.4) is 0 Å². The monoisotopic (exact) mass is 514 g/mol. The standard InChI is InChI=1S/C40H34/c1-40(2,3)33-22-23-36-37(26-33)39(32-21-20-28-14-7-8-15-29(28)25-32)35-19-10-9-18-34(35)38(36)31-17-11-16-30(24-31)27-12-5-4-6-13-27/h4-26,36-37H,1-3H3. The van der Waals surface area contributed by atoms with Crippen molar-refractivity contribution in [2.24, 2.45) is 17.3 Å². The molecule has 0 radical (unpaired) electrons. The molecule has 0 aliphatic heterocycles. The average molecular weight is 515 g/mol. The first-order valence-electron chi connectivity index (χ1n) is 14.4. The fourth-order valence-electron chi connectivity index (χ4n) is 6.58. The molecule has 0 spiro atoms. The van der Waals surface area contributed by atoms with Crippen molar-refractivity contribution in [3.8, 4) is 11.1 Å². The second kappa shape index (κ2) is 9.65. The molecule has 0 N–H and O–H groups in total. The van der Waals surface area contributed by atoms with Crippen molar-refractivity contribution < 1.29 is 0 Å². The van der Waals surface area contributed by atoms with Gasteiger partial charge < -0.3 is 0 Å². The zero-order chi connectivity index (χ0) is 27.3. The summed E-state index contributed by atoms with van der Waals surface area (Å²) in [5, 5.41) is 5.26. The number of benzene rings is 5. The van der Waals surface area contributed by atoms with Crippen molar-refractivity contribution in [2.45, 2.75) is 20.8 Å². The van der Waals surface area contributed by atoms with Gasteiger partial charge in [-0.25, -0.2) is 0 Å². The van der Waals surface area contributed by atoms with Crippen molar-refractivity contribution in [1.29, 1.82) is 0 Å². The van der Waals surface area contributed by atoms with Gasteiger partial charge >= 0.3 is 0 Å². The normalized spacial score (nSPS) is 18.3. The van der Waals surface area contributed by atoms with Gasteiger partial charge in [-0.15, -0.1) is 0 Å². The van der Waals surface area contributed by atoms with Crippen LogP contribution in [0.25, 0.3) is 33.0 Å². The lowest BCUT2D eigenvalue weighted by molar-refractivity contribution is 0.502. The molecule has 0 fully saturated rings. The van der Waals surface area contributed by atoms with Gasteiger partial charge in [-0.05, 0) is 77.7 Å². The molecule has 0 heteroatoms. The zero-order valence-corrected chi connectivity index (χ0v) is 23.4. The summed E-state index contributed by atoms with van der Waals surface area (Å²) in [4.78, 5) is 0. The molecular weight excluding hydrogens is 480 g/mol. The predicted molar refractivity (Wildman–Crippen MR) is 170 cm³/mol. The van der Waals surface area contributed by atoms with E-state index in [9.17, 15) is 0 Å². The number of hydrogen-bond acceptors (Lipinski definition) is 0. The second-order valence-electron chi connectivity index (χ2n) is 12.2. The number of hydrogen-bond donors (Lipinski definition) is 0. The Hall–Kier alpha value is -4.42. The molecule has 0 saturated carbocycles. The average Bonchev–Trinajstić information content (AvgIpc) is 2.99. The molecule has 2 unspecified atom stereocenters. The van der Waals surface area contributed by atoms with Gasteiger partial charge in [0.2, 0.25) is 0 Å². The molecule has 0 amide bonds. The molecule has 2 aliphatic carbocycles. The van der Waals surface area contributed by atoms with Crippen LogP contribution in [0, 0.1) is 17.3 Å². The highest BCUT2D eigenvalue weighted by Gasteiger charge is 2.34. The van der Waals surface area contributed by atoms with E-state index < -0.39 is 0 Å². The molecule has 0 heterocycles. The fourth-order valence-corrected chi connectivity index (χ4v) is 6.58. The van der Waals surface area contributed by atoms with Crippen molar-refractivity contribution >= 4 is 21.9 Å². The molecule has 2 aliphatic rings. The molecule has 5 aromatic carbocycles. The van der Waals surface area contributed by atoms with Crippen LogP contribution >= 0.6 is 0 Å². The number of fused-ring (bicyclic) bond motifs is 3. The Morgan fingerprint density at radius 1 is 0.475 bits per heavy atom. The van der Waals surface area contributed by atoms with Gasteiger partial charge in [0.05, 0.1) is 0 Å². The van der Waals surface area contributed by atoms with E-state index in [0.717, 1.165) is 0 Å². The van der Waals surface area contributed by atoms with Crippen molar-refractivity contribution in [1.82, 2.24) is 0 Å². The quantitative estimate of drug-likeness (QED) is 0.226. The number of allylic oxidation sites excluding steroid dienone is 4. The Balaban J connectivity index is 1.54. The van der Waals surface area contributed by atoms with Crippen LogP contribution in [0.4, 0.5) is 0 Å². The fraction of sp³-hybridized carbons (Fsp3) is 0.150. The minimum Gasteiger partial charge on any atom is -0.0758 e. The van der Waals surface area contributed by atoms with E-state index in [1.807, 2.05) is 0 Å². The lowest BCUT2D eigenvalue weighted by Crippen LogP contribution is -2.40. The first-order valence-corrected chi connectivity index (χ1v) is 14.4. The van der Waals surface area contributed by atoms with Crippen molar-refractivity contribution in [3.05, 3.63) is 167 Å². The van der Waals surface area contributed by atoms with Gasteiger partial charge in [-0.3, -0.25) is 0 Å². The maximum Gasteiger partial charge on any atom is 0.0140 e. The highest BCUT2D eigenvalue weighted by molar-refractivity contribution is 5.89. The van der Waals surface area contributed by atoms with E-state index >= 15 is 0 Å². The van der Waals surface area contributed by atoms with Crippen LogP contribution in [0.5, 0.6) is 0 Å². The smallest absolute Gasteiger partial charge is 0.0140 e. The van der Waals surface area contributed by atoms with Gasteiger partial charge in [-0.1, -0.05) is 148 Å². The minimum absolute atomic E-state index is 0.0836. The Kier molecular flexibility index (Phi) is 5.93. The van der Waals surface area contributed by atoms with Crippen LogP contribution in [-0.2, 0) is 0 Å². The summed E-state index contributed by atoms with van der Waals surface area (Å²) < 4.78 is 0. The lowest BCUT2D eigenvalue weighted by Gasteiger charge is -2.37. The van der Waals surface area contributed by atoms with Crippen molar-refractivity contribution in [3.63, 3.8) is 0 Å². The van der Waals surface area contributed by atoms with Crippen molar-refractivity contribution in [2.75, 3.05) is 0 Å². The summed E-state index contributed by atoms with van der Waals surface area (Å²) in [6.07, 6.45) is 7.42. The van der Waals surface area contributed by atoms with E-state index in [4.69, 9.17) is 0 Å². The molecule has 0 nitrogen and oxygen atoms in total. The second-order valence-corrected chi connectivity index (χ2v) is 12.2. The van der Waals surface area contributed by atoms with Gasteiger partial charge in [-0.2, -0.15) is 0 Å². The lowest BCUT2D eigenvalue weighted by atomic mass is 9.67. The maximum absolute atomic E-state index is 2.56. The topological polar surface area (TPSA) is 0 Å². The van der Waals surface area contributed by atoms with Crippen LogP contribution in [0.2, 0.25) is 0 Å². The van der Waals surface area contributed by atoms with E-state index in [2.05, 4.69) is 160 Å². The zero-order valence-electron chi connectivity index (χ0n) is 23.4. The third-order valence-electron chi connectivity index (χ3n) is 8.61. The summed E-state index contributed by atoms with van der Waals surface area (Å²) in [6.45, 7) is 6.97. The van der Waals surface area contributed by atoms with E-state index in [1.165, 1.54) is 60.2 Å². The molecule has 2 atom stereocenters. The highest BCUT2D eigenvalue weighted by atomic mass is 14.4. The predicted octanol–water partition coefficient (Wildman–Crippen LogP) is 8.69. The summed E-state index contributed by atoms with van der Waals surface area (Å²) in [7, 11) is 0. The molecule has 40 heavy (non-hydrogen) atoms. The van der Waals surface area contributed by atoms with Crippen LogP contribution in [-0.4, -0.2) is 0 Å². The van der Waals surface area contributed by atoms with E-state index in [0.29, 0.717) is 0 Å². The third-order valence-corrected chi connectivity index (χ3v) is 8.61. The summed E-state index contributed by atoms with van der Waals surface area (Å²) >= 11 is 0. The molecule has 7 rings (SSSR count). The first-order chi connectivity index (χ1) is 19.5. The molecule has 5 aromatic rings. The Morgan fingerprint density at radius 3 is 1.82 bits per heavy atom. The summed E-state index contributed by atoms with van der Waals surface area (Å²) in [5.41, 5.74) is 9.47. The number of rotatable bonds is 3. The summed E-state index contributed by atoms with van der Waals surface area (Å²) in [5.74, 6) is 0.513. The van der Waals surface area contributed by atoms with Gasteiger partial charge in [0.25, 0.3) is 0 Å². The van der Waals surface area contributed by atoms with E-state index in [1.54, 1.807) is 0 Å². The van der Waals surface area contributed by atoms with Crippen LogP contribution < -0.4 is 10.4 Å². The van der Waals surface area contributed by atoms with Gasteiger partial charge in [0, 0.05) is 11.8 Å². The largest absolute Gasteiger partial charge is 0.0758 e. The first kappa shape index (κ1) is 24.6.